The monoisotopic (exact) mass is 413 g/mol. The van der Waals surface area contributed by atoms with Gasteiger partial charge in [0.15, 0.2) is 0 Å². The van der Waals surface area contributed by atoms with Gasteiger partial charge in [0, 0.05) is 25.3 Å². The van der Waals surface area contributed by atoms with Gasteiger partial charge in [0.05, 0.1) is 12.7 Å². The molecule has 0 saturated carbocycles. The third-order valence-corrected chi connectivity index (χ3v) is 5.67. The van der Waals surface area contributed by atoms with Gasteiger partial charge in [0.1, 0.15) is 11.0 Å². The van der Waals surface area contributed by atoms with Crippen molar-refractivity contribution in [2.75, 3.05) is 31.1 Å². The first-order valence-corrected chi connectivity index (χ1v) is 10.9. The molecule has 2 rings (SSSR count). The number of nitrogens with zero attached hydrogens (tertiary/aromatic N) is 2. The van der Waals surface area contributed by atoms with Crippen LogP contribution in [0.5, 0.6) is 0 Å². The lowest BCUT2D eigenvalue weighted by Gasteiger charge is -2.24. The quantitative estimate of drug-likeness (QED) is 0.376. The number of aliphatic hydroxyl groups excluding tert-OH is 2. The maximum absolute atomic E-state index is 9.51. The number of aliphatic hydroxyl groups is 2. The summed E-state index contributed by atoms with van der Waals surface area (Å²) in [5, 5.41) is 30.1. The Hall–Kier alpha value is -2.04. The Morgan fingerprint density at radius 3 is 2.41 bits per heavy atom. The molecule has 6 heteroatoms. The molecular formula is C23H31N3O2S. The predicted molar refractivity (Wildman–Crippen MR) is 124 cm³/mol. The number of nitrogens with one attached hydrogen (secondary N) is 1. The Balaban J connectivity index is 2.25. The summed E-state index contributed by atoms with van der Waals surface area (Å²) in [4.78, 5) is 2.97. The van der Waals surface area contributed by atoms with Crippen LogP contribution in [0.1, 0.15) is 39.2 Å². The average Bonchev–Trinajstić information content (AvgIpc) is 2.75. The molecule has 0 spiro atoms. The van der Waals surface area contributed by atoms with Gasteiger partial charge in [0.2, 0.25) is 0 Å². The summed E-state index contributed by atoms with van der Waals surface area (Å²) in [6.45, 7) is 8.35. The fourth-order valence-corrected chi connectivity index (χ4v) is 3.90. The van der Waals surface area contributed by atoms with Gasteiger partial charge in [-0.3, -0.25) is 4.72 Å². The Morgan fingerprint density at radius 1 is 1.14 bits per heavy atom. The average molecular weight is 414 g/mol. The number of benzene rings is 2. The molecule has 1 atom stereocenters. The molecule has 0 fully saturated rings. The highest BCUT2D eigenvalue weighted by atomic mass is 32.2. The summed E-state index contributed by atoms with van der Waals surface area (Å²) in [6, 6.07) is 15.0. The fourth-order valence-electron chi connectivity index (χ4n) is 3.16. The second-order valence-corrected chi connectivity index (χ2v) is 7.99. The standard InChI is InChI=1S/C23H31N3O2S/c1-4-10-26(11-5-2)21-9-8-19-12-18(6-7-20(19)13-21)17(3)23(14-24)29-25-15-22(28)16-27/h6-9,12-13,22,25,27-28H,4-5,10-11,15-16H2,1-3H3/b23-17+. The smallest absolute Gasteiger partial charge is 0.108 e. The Labute approximate surface area is 178 Å². The van der Waals surface area contributed by atoms with Crippen molar-refractivity contribution in [1.82, 2.24) is 4.72 Å². The largest absolute Gasteiger partial charge is 0.394 e. The number of nitriles is 1. The summed E-state index contributed by atoms with van der Waals surface area (Å²) in [6.07, 6.45) is 1.41. The molecule has 2 aromatic rings. The molecule has 0 heterocycles. The van der Waals surface area contributed by atoms with Crippen LogP contribution >= 0.6 is 11.9 Å². The van der Waals surface area contributed by atoms with E-state index >= 15 is 0 Å². The summed E-state index contributed by atoms with van der Waals surface area (Å²) in [7, 11) is 0. The van der Waals surface area contributed by atoms with E-state index in [-0.39, 0.29) is 13.2 Å². The molecule has 29 heavy (non-hydrogen) atoms. The van der Waals surface area contributed by atoms with Crippen LogP contribution in [-0.4, -0.2) is 42.6 Å². The molecule has 1 unspecified atom stereocenters. The molecule has 0 saturated heterocycles. The maximum Gasteiger partial charge on any atom is 0.108 e. The first-order chi connectivity index (χ1) is 14.0. The molecule has 0 bridgehead atoms. The summed E-state index contributed by atoms with van der Waals surface area (Å²) in [5.74, 6) is 0. The van der Waals surface area contributed by atoms with Crippen molar-refractivity contribution in [1.29, 1.82) is 5.26 Å². The maximum atomic E-state index is 9.51. The van der Waals surface area contributed by atoms with Crippen molar-refractivity contribution < 1.29 is 10.2 Å². The van der Waals surface area contributed by atoms with Gasteiger partial charge < -0.3 is 15.1 Å². The van der Waals surface area contributed by atoms with Crippen LogP contribution in [0.2, 0.25) is 0 Å². The van der Waals surface area contributed by atoms with Crippen LogP contribution < -0.4 is 9.62 Å². The van der Waals surface area contributed by atoms with Crippen molar-refractivity contribution in [3.05, 3.63) is 46.9 Å². The number of hydrogen-bond acceptors (Lipinski definition) is 6. The SMILES string of the molecule is CCCN(CCC)c1ccc2cc(/C(C)=C(\C#N)SNCC(O)CO)ccc2c1. The van der Waals surface area contributed by atoms with Gasteiger partial charge in [-0.25, -0.2) is 0 Å². The molecule has 2 aromatic carbocycles. The molecule has 3 N–H and O–H groups in total. The zero-order chi connectivity index (χ0) is 21.2. The molecule has 0 aliphatic carbocycles. The number of hydrogen-bond donors (Lipinski definition) is 3. The lowest BCUT2D eigenvalue weighted by atomic mass is 10.0. The van der Waals surface area contributed by atoms with Crippen LogP contribution in [0.25, 0.3) is 16.3 Å². The van der Waals surface area contributed by atoms with E-state index in [4.69, 9.17) is 5.11 Å². The zero-order valence-corrected chi connectivity index (χ0v) is 18.3. The third kappa shape index (κ3) is 6.48. The summed E-state index contributed by atoms with van der Waals surface area (Å²) >= 11 is 1.18. The fraction of sp³-hybridized carbons (Fsp3) is 0.435. The molecular weight excluding hydrogens is 382 g/mol. The van der Waals surface area contributed by atoms with Gasteiger partial charge in [-0.05, 0) is 71.8 Å². The normalized spacial score (nSPS) is 13.1. The first kappa shape index (κ1) is 23.2. The highest BCUT2D eigenvalue weighted by molar-refractivity contribution is 8.01. The highest BCUT2D eigenvalue weighted by Gasteiger charge is 2.10. The lowest BCUT2D eigenvalue weighted by Crippen LogP contribution is -2.25. The molecule has 0 aliphatic rings. The number of anilines is 1. The van der Waals surface area contributed by atoms with Crippen LogP contribution in [0.4, 0.5) is 5.69 Å². The van der Waals surface area contributed by atoms with E-state index in [1.807, 2.05) is 13.0 Å². The third-order valence-electron chi connectivity index (χ3n) is 4.76. The van der Waals surface area contributed by atoms with E-state index in [0.717, 1.165) is 42.5 Å². The topological polar surface area (TPSA) is 79.5 Å². The number of allylic oxidation sites excluding steroid dienone is 2. The number of fused-ring (bicyclic) bond motifs is 1. The van der Waals surface area contributed by atoms with Gasteiger partial charge >= 0.3 is 0 Å². The van der Waals surface area contributed by atoms with Crippen molar-refractivity contribution >= 4 is 34.0 Å². The minimum atomic E-state index is -0.836. The molecule has 156 valence electrons. The highest BCUT2D eigenvalue weighted by Crippen LogP contribution is 2.29. The van der Waals surface area contributed by atoms with Crippen molar-refractivity contribution in [2.45, 2.75) is 39.7 Å². The van der Waals surface area contributed by atoms with E-state index in [9.17, 15) is 10.4 Å². The van der Waals surface area contributed by atoms with Crippen LogP contribution in [-0.2, 0) is 0 Å². The molecule has 0 aliphatic heterocycles. The van der Waals surface area contributed by atoms with Crippen molar-refractivity contribution in [3.63, 3.8) is 0 Å². The van der Waals surface area contributed by atoms with Gasteiger partial charge in [-0.1, -0.05) is 32.0 Å². The van der Waals surface area contributed by atoms with Gasteiger partial charge in [0.25, 0.3) is 0 Å². The molecule has 0 radical (unpaired) electrons. The van der Waals surface area contributed by atoms with Crippen LogP contribution in [0.3, 0.4) is 0 Å². The Kier molecular flexibility index (Phi) is 9.49. The molecule has 0 amide bonds. The summed E-state index contributed by atoms with van der Waals surface area (Å²) in [5.41, 5.74) is 3.13. The minimum absolute atomic E-state index is 0.214. The van der Waals surface area contributed by atoms with E-state index < -0.39 is 6.10 Å². The predicted octanol–water partition coefficient (Wildman–Crippen LogP) is 4.31. The van der Waals surface area contributed by atoms with E-state index in [1.54, 1.807) is 0 Å². The van der Waals surface area contributed by atoms with Crippen LogP contribution in [0, 0.1) is 11.3 Å². The van der Waals surface area contributed by atoms with Crippen LogP contribution in [0.15, 0.2) is 41.3 Å². The van der Waals surface area contributed by atoms with Gasteiger partial charge in [-0.15, -0.1) is 0 Å². The number of rotatable bonds is 11. The zero-order valence-electron chi connectivity index (χ0n) is 17.5. The first-order valence-electron chi connectivity index (χ1n) is 10.1. The van der Waals surface area contributed by atoms with E-state index in [2.05, 4.69) is 59.9 Å². The van der Waals surface area contributed by atoms with Crippen molar-refractivity contribution in [3.8, 4) is 6.07 Å². The molecule has 5 nitrogen and oxygen atoms in total. The second-order valence-electron chi connectivity index (χ2n) is 7.09. The Bertz CT molecular complexity index is 870. The molecule has 0 aromatic heterocycles. The summed E-state index contributed by atoms with van der Waals surface area (Å²) < 4.78 is 2.94. The Morgan fingerprint density at radius 2 is 1.79 bits per heavy atom. The van der Waals surface area contributed by atoms with E-state index in [1.165, 1.54) is 23.0 Å². The minimum Gasteiger partial charge on any atom is -0.394 e. The lowest BCUT2D eigenvalue weighted by molar-refractivity contribution is 0.0994. The van der Waals surface area contributed by atoms with Gasteiger partial charge in [-0.2, -0.15) is 5.26 Å². The second kappa shape index (κ2) is 11.8. The van der Waals surface area contributed by atoms with E-state index in [0.29, 0.717) is 4.91 Å². The van der Waals surface area contributed by atoms with Crippen molar-refractivity contribution in [2.24, 2.45) is 0 Å².